The average Bonchev–Trinajstić information content (AvgIpc) is 2.31. The van der Waals surface area contributed by atoms with E-state index in [0.29, 0.717) is 24.7 Å². The van der Waals surface area contributed by atoms with E-state index >= 15 is 0 Å². The molecule has 0 spiro atoms. The summed E-state index contributed by atoms with van der Waals surface area (Å²) in [4.78, 5) is 0. The molecule has 0 radical (unpaired) electrons. The van der Waals surface area contributed by atoms with Crippen molar-refractivity contribution < 1.29 is 9.84 Å². The normalized spacial score (nSPS) is 34.2. The van der Waals surface area contributed by atoms with Crippen molar-refractivity contribution in [2.45, 2.75) is 50.7 Å². The summed E-state index contributed by atoms with van der Waals surface area (Å²) < 4.78 is 6.10. The maximum atomic E-state index is 9.05. The van der Waals surface area contributed by atoms with E-state index in [1.54, 1.807) is 0 Å². The van der Waals surface area contributed by atoms with Crippen molar-refractivity contribution >= 4 is 0 Å². The van der Waals surface area contributed by atoms with Crippen LogP contribution in [0.5, 0.6) is 0 Å². The molecule has 1 aliphatic carbocycles. The van der Waals surface area contributed by atoms with Gasteiger partial charge in [-0.3, -0.25) is 0 Å². The van der Waals surface area contributed by atoms with Gasteiger partial charge in [-0.15, -0.1) is 0 Å². The van der Waals surface area contributed by atoms with Gasteiger partial charge in [0.05, 0.1) is 12.2 Å². The fraction of sp³-hybridized carbons (Fsp3) is 1.00. The molecule has 2 rings (SSSR count). The quantitative estimate of drug-likeness (QED) is 0.742. The Hall–Kier alpha value is -0.120. The van der Waals surface area contributed by atoms with Gasteiger partial charge in [-0.05, 0) is 57.5 Å². The summed E-state index contributed by atoms with van der Waals surface area (Å²) in [5, 5.41) is 12.4. The first-order chi connectivity index (χ1) is 7.38. The zero-order valence-electron chi connectivity index (χ0n) is 9.45. The van der Waals surface area contributed by atoms with Crippen LogP contribution in [0.15, 0.2) is 0 Å². The molecule has 2 N–H and O–H groups in total. The number of ether oxygens (including phenoxy) is 1. The number of nitrogens with one attached hydrogen (secondary N) is 1. The molecule has 3 heteroatoms. The van der Waals surface area contributed by atoms with Crippen molar-refractivity contribution in [1.82, 2.24) is 5.32 Å². The largest absolute Gasteiger partial charge is 0.396 e. The van der Waals surface area contributed by atoms with Crippen LogP contribution in [0.2, 0.25) is 0 Å². The maximum Gasteiger partial charge on any atom is 0.0603 e. The van der Waals surface area contributed by atoms with Crippen molar-refractivity contribution in [3.05, 3.63) is 0 Å². The molecular weight excluding hydrogens is 190 g/mol. The number of piperidine rings is 1. The molecule has 3 nitrogen and oxygen atoms in total. The smallest absolute Gasteiger partial charge is 0.0603 e. The van der Waals surface area contributed by atoms with Crippen LogP contribution in [0.4, 0.5) is 0 Å². The van der Waals surface area contributed by atoms with Gasteiger partial charge in [0.2, 0.25) is 0 Å². The average molecular weight is 213 g/mol. The lowest BCUT2D eigenvalue weighted by Crippen LogP contribution is -2.36. The molecule has 1 saturated carbocycles. The number of aliphatic hydroxyl groups excluding tert-OH is 1. The highest BCUT2D eigenvalue weighted by atomic mass is 16.5. The first kappa shape index (κ1) is 11.4. The third-order valence-electron chi connectivity index (χ3n) is 3.72. The second kappa shape index (κ2) is 5.83. The zero-order valence-corrected chi connectivity index (χ0v) is 9.45. The van der Waals surface area contributed by atoms with E-state index < -0.39 is 0 Å². The maximum absolute atomic E-state index is 9.05. The third kappa shape index (κ3) is 3.44. The minimum atomic E-state index is 0.361. The molecule has 0 bridgehead atoms. The van der Waals surface area contributed by atoms with Crippen molar-refractivity contribution in [3.8, 4) is 0 Å². The van der Waals surface area contributed by atoms with Crippen molar-refractivity contribution in [2.24, 2.45) is 5.92 Å². The molecule has 1 aliphatic heterocycles. The number of hydrogen-bond donors (Lipinski definition) is 2. The van der Waals surface area contributed by atoms with Crippen molar-refractivity contribution in [2.75, 3.05) is 19.7 Å². The van der Waals surface area contributed by atoms with Gasteiger partial charge < -0.3 is 15.2 Å². The molecule has 0 amide bonds. The number of aliphatic hydroxyl groups is 1. The predicted octanol–water partition coefficient (Wildman–Crippen LogP) is 1.31. The first-order valence-corrected chi connectivity index (χ1v) is 6.35. The lowest BCUT2D eigenvalue weighted by Gasteiger charge is -2.32. The van der Waals surface area contributed by atoms with Gasteiger partial charge in [-0.25, -0.2) is 0 Å². The molecule has 0 aromatic heterocycles. The zero-order chi connectivity index (χ0) is 10.5. The molecule has 88 valence electrons. The number of rotatable bonds is 3. The van der Waals surface area contributed by atoms with Crippen LogP contribution in [-0.2, 0) is 4.74 Å². The van der Waals surface area contributed by atoms with Crippen LogP contribution in [0.3, 0.4) is 0 Å². The standard InChI is InChI=1S/C12H23NO2/c14-9-10-1-3-11(4-2-10)15-12-5-7-13-8-6-12/h10-14H,1-9H2/t10-,11-. The Morgan fingerprint density at radius 1 is 0.933 bits per heavy atom. The topological polar surface area (TPSA) is 41.5 Å². The molecule has 1 heterocycles. The van der Waals surface area contributed by atoms with Gasteiger partial charge in [0.15, 0.2) is 0 Å². The first-order valence-electron chi connectivity index (χ1n) is 6.35. The Balaban J connectivity index is 1.67. The van der Waals surface area contributed by atoms with E-state index in [1.165, 1.54) is 12.8 Å². The minimum absolute atomic E-state index is 0.361. The van der Waals surface area contributed by atoms with Gasteiger partial charge in [-0.1, -0.05) is 0 Å². The molecule has 0 aromatic rings. The second-order valence-corrected chi connectivity index (χ2v) is 4.91. The van der Waals surface area contributed by atoms with Crippen LogP contribution >= 0.6 is 0 Å². The monoisotopic (exact) mass is 213 g/mol. The molecule has 0 aromatic carbocycles. The minimum Gasteiger partial charge on any atom is -0.396 e. The second-order valence-electron chi connectivity index (χ2n) is 4.91. The summed E-state index contributed by atoms with van der Waals surface area (Å²) in [5.74, 6) is 0.540. The fourth-order valence-corrected chi connectivity index (χ4v) is 2.65. The van der Waals surface area contributed by atoms with E-state index in [2.05, 4.69) is 5.32 Å². The van der Waals surface area contributed by atoms with Gasteiger partial charge >= 0.3 is 0 Å². The SMILES string of the molecule is OC[C@H]1CC[C@H](OC2CCNCC2)CC1. The van der Waals surface area contributed by atoms with E-state index in [-0.39, 0.29) is 0 Å². The summed E-state index contributed by atoms with van der Waals surface area (Å²) in [6.07, 6.45) is 7.88. The summed E-state index contributed by atoms with van der Waals surface area (Å²) in [6.45, 7) is 2.58. The van der Waals surface area contributed by atoms with E-state index in [0.717, 1.165) is 38.8 Å². The summed E-state index contributed by atoms with van der Waals surface area (Å²) in [5.41, 5.74) is 0. The van der Waals surface area contributed by atoms with Crippen molar-refractivity contribution in [3.63, 3.8) is 0 Å². The van der Waals surface area contributed by atoms with Crippen LogP contribution in [0.25, 0.3) is 0 Å². The van der Waals surface area contributed by atoms with Crippen LogP contribution in [0.1, 0.15) is 38.5 Å². The lowest BCUT2D eigenvalue weighted by molar-refractivity contribution is -0.0507. The van der Waals surface area contributed by atoms with Gasteiger partial charge in [0.25, 0.3) is 0 Å². The highest BCUT2D eigenvalue weighted by molar-refractivity contribution is 4.75. The summed E-state index contributed by atoms with van der Waals surface area (Å²) in [6, 6.07) is 0. The van der Waals surface area contributed by atoms with E-state index in [4.69, 9.17) is 9.84 Å². The van der Waals surface area contributed by atoms with Gasteiger partial charge in [-0.2, -0.15) is 0 Å². The van der Waals surface area contributed by atoms with Gasteiger partial charge in [0.1, 0.15) is 0 Å². The number of hydrogen-bond acceptors (Lipinski definition) is 3. The third-order valence-corrected chi connectivity index (χ3v) is 3.72. The molecule has 0 unspecified atom stereocenters. The summed E-state index contributed by atoms with van der Waals surface area (Å²) >= 11 is 0. The molecule has 15 heavy (non-hydrogen) atoms. The van der Waals surface area contributed by atoms with E-state index in [1.807, 2.05) is 0 Å². The van der Waals surface area contributed by atoms with Gasteiger partial charge in [0, 0.05) is 6.61 Å². The Bertz CT molecular complexity index is 172. The van der Waals surface area contributed by atoms with Crippen LogP contribution in [-0.4, -0.2) is 37.0 Å². The van der Waals surface area contributed by atoms with Crippen LogP contribution < -0.4 is 5.32 Å². The highest BCUT2D eigenvalue weighted by Crippen LogP contribution is 2.27. The molecular formula is C12H23NO2. The highest BCUT2D eigenvalue weighted by Gasteiger charge is 2.24. The van der Waals surface area contributed by atoms with E-state index in [9.17, 15) is 0 Å². The molecule has 2 aliphatic rings. The molecule has 1 saturated heterocycles. The summed E-state index contributed by atoms with van der Waals surface area (Å²) in [7, 11) is 0. The molecule has 2 fully saturated rings. The Kier molecular flexibility index (Phi) is 4.42. The van der Waals surface area contributed by atoms with Crippen LogP contribution in [0, 0.1) is 5.92 Å². The Labute approximate surface area is 92.2 Å². The lowest BCUT2D eigenvalue weighted by atomic mass is 9.88. The Morgan fingerprint density at radius 3 is 2.13 bits per heavy atom. The van der Waals surface area contributed by atoms with Crippen molar-refractivity contribution in [1.29, 1.82) is 0 Å². The molecule has 0 atom stereocenters. The predicted molar refractivity (Wildman–Crippen MR) is 59.8 cm³/mol. The Morgan fingerprint density at radius 2 is 1.53 bits per heavy atom. The fourth-order valence-electron chi connectivity index (χ4n) is 2.65.